The quantitative estimate of drug-likeness (QED) is 0.00962. The number of carbonyl (C=O) groups excluding carboxylic acids is 2. The fourth-order valence-electron chi connectivity index (χ4n) is 18.2. The monoisotopic (exact) mass is 1850 g/mol. The number of hydrogen-bond donors (Lipinski definition) is 10. The van der Waals surface area contributed by atoms with Gasteiger partial charge in [0.15, 0.2) is 23.1 Å². The fraction of sp³-hybridized carbons (Fsp3) is 0.402. The van der Waals surface area contributed by atoms with Crippen LogP contribution in [-0.4, -0.2) is 242 Å². The minimum atomic E-state index is -0.242. The molecule has 0 saturated heterocycles. The summed E-state index contributed by atoms with van der Waals surface area (Å²) < 4.78 is 10.7. The number of para-hydroxylation sites is 2. The largest absolute Gasteiger partial charge is 0.505 e. The Labute approximate surface area is 803 Å². The van der Waals surface area contributed by atoms with E-state index >= 15 is 0 Å². The molecule has 16 rings (SSSR count). The predicted octanol–water partition coefficient (Wildman–Crippen LogP) is 21.1. The minimum absolute atomic E-state index is 0.0861. The van der Waals surface area contributed by atoms with Gasteiger partial charge in [-0.15, -0.1) is 10.2 Å². The van der Waals surface area contributed by atoms with Gasteiger partial charge in [-0.05, 0) is 291 Å². The molecule has 4 heterocycles. The highest BCUT2D eigenvalue weighted by Crippen LogP contribution is 2.47. The van der Waals surface area contributed by atoms with Gasteiger partial charge in [-0.25, -0.2) is 0 Å². The van der Waals surface area contributed by atoms with Crippen LogP contribution in [0.4, 0.5) is 69.8 Å². The van der Waals surface area contributed by atoms with Crippen molar-refractivity contribution in [1.29, 1.82) is 0 Å². The Hall–Kier alpha value is -13.4. The number of fused-ring (bicyclic) bond motifs is 10. The summed E-state index contributed by atoms with van der Waals surface area (Å²) in [4.78, 5) is 78.0. The maximum Gasteiger partial charge on any atom is 0.233 e. The third-order valence-electron chi connectivity index (χ3n) is 25.6. The molecule has 14 aromatic rings. The summed E-state index contributed by atoms with van der Waals surface area (Å²) in [6.07, 6.45) is 19.0. The number of Topliss-reactive ketones (excluding diaryl/α,β-unsaturated/α-hetero) is 2. The van der Waals surface area contributed by atoms with E-state index in [1.165, 1.54) is 64.2 Å². The number of hydrogen-bond acceptors (Lipinski definition) is 28. The van der Waals surface area contributed by atoms with Crippen molar-refractivity contribution in [3.05, 3.63) is 204 Å². The van der Waals surface area contributed by atoms with E-state index in [9.17, 15) is 19.8 Å². The normalized spacial score (nSPS) is 13.4. The molecule has 0 amide bonds. The lowest BCUT2D eigenvalue weighted by atomic mass is 9.95. The zero-order valence-corrected chi connectivity index (χ0v) is 81.3. The van der Waals surface area contributed by atoms with Crippen molar-refractivity contribution in [2.24, 2.45) is 20.5 Å². The number of H-pyrrole nitrogens is 2. The van der Waals surface area contributed by atoms with Gasteiger partial charge < -0.3 is 91.0 Å². The molecule has 0 atom stereocenters. The highest BCUT2D eigenvalue weighted by atomic mass is 16.5. The third kappa shape index (κ3) is 26.5. The first-order valence-corrected chi connectivity index (χ1v) is 48.5. The first-order chi connectivity index (χ1) is 66.6. The molecule has 0 radical (unpaired) electrons. The molecule has 30 nitrogen and oxygen atoms in total. The van der Waals surface area contributed by atoms with Crippen LogP contribution in [0.2, 0.25) is 0 Å². The van der Waals surface area contributed by atoms with Crippen molar-refractivity contribution in [1.82, 2.24) is 70.1 Å². The molecule has 0 bridgehead atoms. The van der Waals surface area contributed by atoms with Crippen molar-refractivity contribution in [2.45, 2.75) is 135 Å². The molecule has 10 aromatic carbocycles. The third-order valence-corrected chi connectivity index (χ3v) is 25.6. The molecule has 718 valence electrons. The zero-order chi connectivity index (χ0) is 95.7. The lowest BCUT2D eigenvalue weighted by Gasteiger charge is -2.28. The van der Waals surface area contributed by atoms with Gasteiger partial charge >= 0.3 is 0 Å². The standard InChI is InChI=1S/C54H71N13O3.C53H63N11O3/c1-62(2)28-12-32-66(33-13-29-63(3)4)53-57-52(58-54(59-53)67(34-14-30-64(5)6)35-15-31-65(7)8)55-40-21-23-41(24-22-40)60-61-50-48-39(20-27-44-43-16-10-11-17-46(43)56-49(44)48)37-45(51(50)69)47(68)36-38-18-25-42(70-9)26-19-38;1-34-31-41(67-2)25-19-35(34)33-46(65)44-32-36-20-26-43-42-17-9-10-18-45(42)59-48(43)47(36)49(50(44)66)64-63-40-23-21-39(22-24-40)58-53-61-51(56-29-11-27-54-37-13-5-3-6-14-37)60-52(62-53)57-30-12-28-55-38-15-7-4-8-16-38/h10-11,16-27,37,56,69H,12-15,28-36H2,1-9H3,(H,55,57,58,59);9-10,17-26,31-32,37-38,54-55,59,66H,3-8,11-16,27-30,33H2,1-2H3,(H3,56,57,58,60,61,62). The van der Waals surface area contributed by atoms with Crippen LogP contribution in [0, 0.1) is 6.92 Å². The Bertz CT molecular complexity index is 6320. The number of rotatable bonds is 46. The van der Waals surface area contributed by atoms with Gasteiger partial charge in [0, 0.05) is 119 Å². The van der Waals surface area contributed by atoms with Crippen LogP contribution in [-0.2, 0) is 12.8 Å². The highest BCUT2D eigenvalue weighted by molar-refractivity contribution is 6.24. The van der Waals surface area contributed by atoms with E-state index in [0.29, 0.717) is 75.7 Å². The van der Waals surface area contributed by atoms with Crippen molar-refractivity contribution in [2.75, 3.05) is 180 Å². The van der Waals surface area contributed by atoms with Gasteiger partial charge in [-0.3, -0.25) is 9.59 Å². The summed E-state index contributed by atoms with van der Waals surface area (Å²) in [5.41, 5.74) is 9.49. The smallest absolute Gasteiger partial charge is 0.233 e. The summed E-state index contributed by atoms with van der Waals surface area (Å²) in [7, 11) is 20.0. The van der Waals surface area contributed by atoms with Gasteiger partial charge in [-0.2, -0.15) is 40.1 Å². The summed E-state index contributed by atoms with van der Waals surface area (Å²) in [5, 5.41) is 70.8. The average molecular weight is 1850 g/mol. The Kier molecular flexibility index (Phi) is 34.3. The van der Waals surface area contributed by atoms with Crippen LogP contribution in [0.3, 0.4) is 0 Å². The number of methoxy groups -OCH3 is 2. The molecule has 0 spiro atoms. The lowest BCUT2D eigenvalue weighted by molar-refractivity contribution is 0.0982. The first-order valence-electron chi connectivity index (χ1n) is 48.5. The van der Waals surface area contributed by atoms with Crippen molar-refractivity contribution in [3.63, 3.8) is 0 Å². The SMILES string of the molecule is COc1ccc(CC(=O)c2cc3ccc4c5ccccc5[nH]c4c3c(N=Nc3ccc(Nc4nc(N(CCCN(C)C)CCCN(C)C)nc(N(CCCN(C)C)CCCN(C)C)n4)cc3)c2O)cc1.COc1ccc(CC(=O)c2cc3ccc4c5ccccc5[nH]c4c3c(N=Nc3ccc(Nc4nc(NCCCNC5CCCCC5)nc(NCCCNC5CCCCC5)n4)cc3)c2O)c(C)c1. The zero-order valence-electron chi connectivity index (χ0n) is 81.3. The van der Waals surface area contributed by atoms with E-state index in [-0.39, 0.29) is 58.4 Å². The molecule has 2 saturated carbocycles. The number of ether oxygens (including phenoxy) is 2. The number of aromatic hydroxyl groups is 2. The van der Waals surface area contributed by atoms with Gasteiger partial charge in [0.25, 0.3) is 0 Å². The number of ketones is 2. The van der Waals surface area contributed by atoms with Gasteiger partial charge in [0.1, 0.15) is 22.9 Å². The van der Waals surface area contributed by atoms with Gasteiger partial charge in [0.2, 0.25) is 35.7 Å². The maximum absolute atomic E-state index is 14.0. The van der Waals surface area contributed by atoms with E-state index in [1.54, 1.807) is 26.4 Å². The number of aromatic nitrogens is 8. The number of nitrogens with zero attached hydrogens (tertiary/aromatic N) is 16. The van der Waals surface area contributed by atoms with Crippen molar-refractivity contribution >= 4 is 147 Å². The predicted molar refractivity (Wildman–Crippen MR) is 557 cm³/mol. The molecule has 4 aromatic heterocycles. The molecular weight excluding hydrogens is 1720 g/mol. The second kappa shape index (κ2) is 47.9. The molecule has 0 unspecified atom stereocenters. The number of carbonyl (C=O) groups is 2. The molecule has 30 heteroatoms. The number of aromatic amines is 2. The summed E-state index contributed by atoms with van der Waals surface area (Å²) in [6, 6.07) is 56.9. The molecule has 0 aliphatic heterocycles. The molecule has 2 fully saturated rings. The summed E-state index contributed by atoms with van der Waals surface area (Å²) >= 11 is 0. The number of aryl methyl sites for hydroxylation is 1. The van der Waals surface area contributed by atoms with Crippen molar-refractivity contribution < 1.29 is 29.3 Å². The minimum Gasteiger partial charge on any atom is -0.505 e. The number of azo groups is 2. The van der Waals surface area contributed by atoms with Crippen LogP contribution in [0.15, 0.2) is 196 Å². The van der Waals surface area contributed by atoms with Gasteiger partial charge in [0.05, 0.1) is 47.8 Å². The fourth-order valence-corrected chi connectivity index (χ4v) is 18.2. The summed E-state index contributed by atoms with van der Waals surface area (Å²) in [6.45, 7) is 12.4. The average Bonchev–Trinajstić information content (AvgIpc) is 1.62. The number of phenols is 2. The van der Waals surface area contributed by atoms with Crippen molar-refractivity contribution in [3.8, 4) is 23.0 Å². The van der Waals surface area contributed by atoms with E-state index in [0.717, 1.165) is 205 Å². The van der Waals surface area contributed by atoms with E-state index < -0.39 is 0 Å². The Morgan fingerprint density at radius 3 is 1.24 bits per heavy atom. The molecule has 137 heavy (non-hydrogen) atoms. The maximum atomic E-state index is 14.0. The van der Waals surface area contributed by atoms with Crippen LogP contribution in [0.1, 0.15) is 140 Å². The molecule has 10 N–H and O–H groups in total. The number of phenolic OH excluding ortho intramolecular Hbond substituents is 2. The second-order valence-corrected chi connectivity index (χ2v) is 37.1. The Balaban J connectivity index is 0.000000208. The number of nitrogens with one attached hydrogen (secondary N) is 8. The second-order valence-electron chi connectivity index (χ2n) is 37.1. The van der Waals surface area contributed by atoms with E-state index in [2.05, 4.69) is 150 Å². The van der Waals surface area contributed by atoms with Crippen LogP contribution in [0.5, 0.6) is 23.0 Å². The number of benzene rings is 10. The Morgan fingerprint density at radius 1 is 0.409 bits per heavy atom. The lowest BCUT2D eigenvalue weighted by Crippen LogP contribution is -2.34. The summed E-state index contributed by atoms with van der Waals surface area (Å²) in [5.74, 6) is 3.71. The van der Waals surface area contributed by atoms with E-state index in [4.69, 9.17) is 49.6 Å². The number of anilines is 8. The van der Waals surface area contributed by atoms with Crippen LogP contribution >= 0.6 is 0 Å². The van der Waals surface area contributed by atoms with Gasteiger partial charge in [-0.1, -0.05) is 117 Å². The highest BCUT2D eigenvalue weighted by Gasteiger charge is 2.27. The molecular formula is C107H134N24O6. The molecule has 2 aliphatic rings. The first kappa shape index (κ1) is 98.2. The van der Waals surface area contributed by atoms with Crippen LogP contribution in [0.25, 0.3) is 65.2 Å². The van der Waals surface area contributed by atoms with Crippen LogP contribution < -0.4 is 51.2 Å². The molecule has 2 aliphatic carbocycles. The van der Waals surface area contributed by atoms with E-state index in [1.807, 2.05) is 159 Å². The Morgan fingerprint density at radius 2 is 0.818 bits per heavy atom. The topological polar surface area (TPSA) is 343 Å².